The van der Waals surface area contributed by atoms with Gasteiger partial charge in [0.1, 0.15) is 5.75 Å². The predicted octanol–water partition coefficient (Wildman–Crippen LogP) is 3.02. The molecule has 20 heavy (non-hydrogen) atoms. The Morgan fingerprint density at radius 2 is 2.00 bits per heavy atom. The lowest BCUT2D eigenvalue weighted by molar-refractivity contribution is -0.274. The SMILES string of the molecule is FC(F)(F)Oc1ccc(CN2CCOC(CCl)C2)cc1. The Morgan fingerprint density at radius 3 is 2.60 bits per heavy atom. The summed E-state index contributed by atoms with van der Waals surface area (Å²) in [5, 5.41) is 0. The van der Waals surface area contributed by atoms with Gasteiger partial charge < -0.3 is 9.47 Å². The smallest absolute Gasteiger partial charge is 0.406 e. The van der Waals surface area contributed by atoms with Crippen molar-refractivity contribution in [3.05, 3.63) is 29.8 Å². The van der Waals surface area contributed by atoms with Gasteiger partial charge in [0.15, 0.2) is 0 Å². The first kappa shape index (κ1) is 15.4. The minimum absolute atomic E-state index is 0.0123. The molecule has 1 unspecified atom stereocenters. The second-order valence-corrected chi connectivity index (χ2v) is 4.88. The number of alkyl halides is 4. The van der Waals surface area contributed by atoms with E-state index >= 15 is 0 Å². The highest BCUT2D eigenvalue weighted by molar-refractivity contribution is 6.18. The van der Waals surface area contributed by atoms with E-state index in [2.05, 4.69) is 9.64 Å². The molecule has 1 heterocycles. The van der Waals surface area contributed by atoms with E-state index in [1.807, 2.05) is 0 Å². The molecule has 0 saturated carbocycles. The lowest BCUT2D eigenvalue weighted by atomic mass is 10.2. The van der Waals surface area contributed by atoms with Crippen LogP contribution in [0, 0.1) is 0 Å². The molecule has 1 atom stereocenters. The van der Waals surface area contributed by atoms with Crippen molar-refractivity contribution in [3.63, 3.8) is 0 Å². The maximum absolute atomic E-state index is 12.0. The average molecular weight is 310 g/mol. The number of hydrogen-bond donors (Lipinski definition) is 0. The summed E-state index contributed by atoms with van der Waals surface area (Å²) in [4.78, 5) is 2.16. The monoisotopic (exact) mass is 309 g/mol. The third-order valence-corrected chi connectivity index (χ3v) is 3.30. The molecule has 112 valence electrons. The first-order valence-corrected chi connectivity index (χ1v) is 6.74. The second kappa shape index (κ2) is 6.65. The first-order valence-electron chi connectivity index (χ1n) is 6.21. The molecular formula is C13H15ClF3NO2. The van der Waals surface area contributed by atoms with Crippen molar-refractivity contribution in [2.75, 3.05) is 25.6 Å². The number of halogens is 4. The van der Waals surface area contributed by atoms with Crippen molar-refractivity contribution in [3.8, 4) is 5.75 Å². The Balaban J connectivity index is 1.90. The van der Waals surface area contributed by atoms with Crippen molar-refractivity contribution in [1.82, 2.24) is 4.90 Å². The molecule has 0 N–H and O–H groups in total. The zero-order chi connectivity index (χ0) is 14.6. The van der Waals surface area contributed by atoms with Crippen LogP contribution in [0.25, 0.3) is 0 Å². The van der Waals surface area contributed by atoms with E-state index in [-0.39, 0.29) is 11.9 Å². The van der Waals surface area contributed by atoms with Gasteiger partial charge in [0.05, 0.1) is 12.7 Å². The van der Waals surface area contributed by atoms with Crippen LogP contribution >= 0.6 is 11.6 Å². The molecule has 1 fully saturated rings. The van der Waals surface area contributed by atoms with E-state index in [4.69, 9.17) is 16.3 Å². The van der Waals surface area contributed by atoms with E-state index < -0.39 is 6.36 Å². The maximum atomic E-state index is 12.0. The number of benzene rings is 1. The molecular weight excluding hydrogens is 295 g/mol. The van der Waals surface area contributed by atoms with E-state index in [9.17, 15) is 13.2 Å². The van der Waals surface area contributed by atoms with Gasteiger partial charge in [0.2, 0.25) is 0 Å². The van der Waals surface area contributed by atoms with Crippen molar-refractivity contribution in [1.29, 1.82) is 0 Å². The number of rotatable bonds is 4. The van der Waals surface area contributed by atoms with Crippen molar-refractivity contribution in [2.24, 2.45) is 0 Å². The van der Waals surface area contributed by atoms with Crippen LogP contribution in [0.15, 0.2) is 24.3 Å². The summed E-state index contributed by atoms with van der Waals surface area (Å²) in [6, 6.07) is 5.91. The van der Waals surface area contributed by atoms with E-state index in [1.165, 1.54) is 12.1 Å². The molecule has 0 spiro atoms. The van der Waals surface area contributed by atoms with Crippen molar-refractivity contribution < 1.29 is 22.6 Å². The van der Waals surface area contributed by atoms with Gasteiger partial charge >= 0.3 is 6.36 Å². The molecule has 1 aliphatic rings. The van der Waals surface area contributed by atoms with Gasteiger partial charge in [-0.15, -0.1) is 24.8 Å². The average Bonchev–Trinajstić information content (AvgIpc) is 2.40. The van der Waals surface area contributed by atoms with Crippen LogP contribution in [-0.2, 0) is 11.3 Å². The minimum Gasteiger partial charge on any atom is -0.406 e. The minimum atomic E-state index is -4.65. The van der Waals surface area contributed by atoms with Crippen LogP contribution in [-0.4, -0.2) is 42.9 Å². The predicted molar refractivity (Wildman–Crippen MR) is 68.9 cm³/mol. The fraction of sp³-hybridized carbons (Fsp3) is 0.538. The summed E-state index contributed by atoms with van der Waals surface area (Å²) in [6.07, 6.45) is -4.64. The number of ether oxygens (including phenoxy) is 2. The summed E-state index contributed by atoms with van der Waals surface area (Å²) in [7, 11) is 0. The summed E-state index contributed by atoms with van der Waals surface area (Å²) in [6.45, 7) is 2.79. The number of morpholine rings is 1. The molecule has 1 saturated heterocycles. The summed E-state index contributed by atoms with van der Waals surface area (Å²) in [5.41, 5.74) is 0.926. The third-order valence-electron chi connectivity index (χ3n) is 2.96. The van der Waals surface area contributed by atoms with Crippen LogP contribution < -0.4 is 4.74 Å². The fourth-order valence-corrected chi connectivity index (χ4v) is 2.26. The van der Waals surface area contributed by atoms with Gasteiger partial charge in [-0.2, -0.15) is 0 Å². The molecule has 0 amide bonds. The van der Waals surface area contributed by atoms with Crippen LogP contribution in [0.1, 0.15) is 5.56 Å². The zero-order valence-electron chi connectivity index (χ0n) is 10.7. The van der Waals surface area contributed by atoms with E-state index in [1.54, 1.807) is 12.1 Å². The number of nitrogens with zero attached hydrogens (tertiary/aromatic N) is 1. The third kappa shape index (κ3) is 4.85. The summed E-state index contributed by atoms with van der Waals surface area (Å²) in [5.74, 6) is 0.233. The molecule has 1 aromatic rings. The van der Waals surface area contributed by atoms with Crippen LogP contribution in [0.5, 0.6) is 5.75 Å². The lowest BCUT2D eigenvalue weighted by Gasteiger charge is -2.32. The van der Waals surface area contributed by atoms with Crippen molar-refractivity contribution in [2.45, 2.75) is 19.0 Å². The summed E-state index contributed by atoms with van der Waals surface area (Å²) >= 11 is 5.76. The zero-order valence-corrected chi connectivity index (χ0v) is 11.5. The molecule has 7 heteroatoms. The number of hydrogen-bond acceptors (Lipinski definition) is 3. The van der Waals surface area contributed by atoms with Gasteiger partial charge in [-0.25, -0.2) is 0 Å². The quantitative estimate of drug-likeness (QED) is 0.798. The van der Waals surface area contributed by atoms with Crippen LogP contribution in [0.3, 0.4) is 0 Å². The molecule has 0 bridgehead atoms. The lowest BCUT2D eigenvalue weighted by Crippen LogP contribution is -2.42. The molecule has 0 aromatic heterocycles. The van der Waals surface area contributed by atoms with Crippen LogP contribution in [0.4, 0.5) is 13.2 Å². The highest BCUT2D eigenvalue weighted by Crippen LogP contribution is 2.23. The molecule has 3 nitrogen and oxygen atoms in total. The Bertz CT molecular complexity index is 425. The van der Waals surface area contributed by atoms with E-state index in [0.29, 0.717) is 19.0 Å². The first-order chi connectivity index (χ1) is 9.46. The Kier molecular flexibility index (Phi) is 5.12. The molecule has 1 aliphatic heterocycles. The highest BCUT2D eigenvalue weighted by atomic mass is 35.5. The van der Waals surface area contributed by atoms with Gasteiger partial charge in [0, 0.05) is 25.5 Å². The van der Waals surface area contributed by atoms with Gasteiger partial charge in [-0.1, -0.05) is 12.1 Å². The topological polar surface area (TPSA) is 21.7 Å². The fourth-order valence-electron chi connectivity index (χ4n) is 2.07. The van der Waals surface area contributed by atoms with Gasteiger partial charge in [0.25, 0.3) is 0 Å². The van der Waals surface area contributed by atoms with Crippen molar-refractivity contribution >= 4 is 11.6 Å². The summed E-state index contributed by atoms with van der Waals surface area (Å²) < 4.78 is 45.4. The molecule has 2 rings (SSSR count). The Labute approximate surface area is 120 Å². The highest BCUT2D eigenvalue weighted by Gasteiger charge is 2.31. The maximum Gasteiger partial charge on any atom is 0.573 e. The van der Waals surface area contributed by atoms with E-state index in [0.717, 1.165) is 18.7 Å². The largest absolute Gasteiger partial charge is 0.573 e. The molecule has 1 aromatic carbocycles. The van der Waals surface area contributed by atoms with Crippen LogP contribution in [0.2, 0.25) is 0 Å². The van der Waals surface area contributed by atoms with Gasteiger partial charge in [-0.05, 0) is 17.7 Å². The Hall–Kier alpha value is -0.980. The standard InChI is InChI=1S/C13H15ClF3NO2/c14-7-12-9-18(5-6-19-12)8-10-1-3-11(4-2-10)20-13(15,16)17/h1-4,12H,5-9H2. The Morgan fingerprint density at radius 1 is 1.30 bits per heavy atom. The normalized spacial score (nSPS) is 20.9. The molecule has 0 radical (unpaired) electrons. The second-order valence-electron chi connectivity index (χ2n) is 4.57. The van der Waals surface area contributed by atoms with Gasteiger partial charge in [-0.3, -0.25) is 4.90 Å². The molecule has 0 aliphatic carbocycles.